The van der Waals surface area contributed by atoms with Crippen molar-refractivity contribution >= 4 is 11.3 Å². The van der Waals surface area contributed by atoms with Gasteiger partial charge in [0.2, 0.25) is 11.6 Å². The Balaban J connectivity index is 2.12. The molecule has 0 unspecified atom stereocenters. The van der Waals surface area contributed by atoms with Crippen LogP contribution >= 0.6 is 0 Å². The van der Waals surface area contributed by atoms with Crippen LogP contribution in [0.1, 0.15) is 24.1 Å². The smallest absolute Gasteiger partial charge is 0.250 e. The van der Waals surface area contributed by atoms with E-state index in [0.29, 0.717) is 24.5 Å². The maximum absolute atomic E-state index is 7.19. The molecule has 0 aromatic carbocycles. The van der Waals surface area contributed by atoms with E-state index in [1.165, 1.54) is 0 Å². The number of aromatic nitrogens is 3. The SMILES string of the molecule is [C-]#[N+]c1cnn2c(OCCOC)c3c(nc12)CCCC3. The molecule has 0 radical (unpaired) electrons. The van der Waals surface area contributed by atoms with Crippen LogP contribution in [-0.4, -0.2) is 34.9 Å². The number of fused-ring (bicyclic) bond motifs is 2. The first-order chi connectivity index (χ1) is 9.85. The number of ether oxygens (including phenoxy) is 2. The molecule has 3 rings (SSSR count). The van der Waals surface area contributed by atoms with Gasteiger partial charge in [0.1, 0.15) is 6.61 Å². The first kappa shape index (κ1) is 12.9. The summed E-state index contributed by atoms with van der Waals surface area (Å²) in [6.45, 7) is 8.18. The van der Waals surface area contributed by atoms with Gasteiger partial charge in [0.15, 0.2) is 5.65 Å². The van der Waals surface area contributed by atoms with E-state index in [-0.39, 0.29) is 0 Å². The molecule has 2 aromatic heterocycles. The summed E-state index contributed by atoms with van der Waals surface area (Å²) in [5.41, 5.74) is 3.23. The number of rotatable bonds is 4. The van der Waals surface area contributed by atoms with Crippen molar-refractivity contribution in [2.45, 2.75) is 25.7 Å². The van der Waals surface area contributed by atoms with Crippen molar-refractivity contribution in [2.75, 3.05) is 20.3 Å². The first-order valence-electron chi connectivity index (χ1n) is 6.74. The summed E-state index contributed by atoms with van der Waals surface area (Å²) < 4.78 is 12.5. The van der Waals surface area contributed by atoms with E-state index >= 15 is 0 Å². The maximum Gasteiger partial charge on any atom is 0.250 e. The highest BCUT2D eigenvalue weighted by atomic mass is 16.5. The standard InChI is InChI=1S/C14H16N4O2/c1-15-12-9-16-18-13(12)17-11-6-4-3-5-10(11)14(18)20-8-7-19-2/h9H,3-8H2,2H3. The second-order valence-corrected chi connectivity index (χ2v) is 4.77. The van der Waals surface area contributed by atoms with E-state index in [1.807, 2.05) is 0 Å². The number of methoxy groups -OCH3 is 1. The molecule has 0 aliphatic heterocycles. The van der Waals surface area contributed by atoms with E-state index in [2.05, 4.69) is 14.9 Å². The molecule has 0 saturated carbocycles. The summed E-state index contributed by atoms with van der Waals surface area (Å²) in [4.78, 5) is 8.08. The third-order valence-electron chi connectivity index (χ3n) is 3.50. The van der Waals surface area contributed by atoms with E-state index in [1.54, 1.807) is 17.8 Å². The van der Waals surface area contributed by atoms with E-state index in [4.69, 9.17) is 16.0 Å². The highest BCUT2D eigenvalue weighted by molar-refractivity contribution is 5.69. The number of aryl methyl sites for hydroxylation is 1. The first-order valence-corrected chi connectivity index (χ1v) is 6.74. The van der Waals surface area contributed by atoms with Crippen LogP contribution in [0.25, 0.3) is 10.5 Å². The Morgan fingerprint density at radius 1 is 1.35 bits per heavy atom. The van der Waals surface area contributed by atoms with Gasteiger partial charge in [0.05, 0.1) is 19.4 Å². The Labute approximate surface area is 117 Å². The summed E-state index contributed by atoms with van der Waals surface area (Å²) in [7, 11) is 1.64. The van der Waals surface area contributed by atoms with Gasteiger partial charge in [-0.2, -0.15) is 9.61 Å². The third-order valence-corrected chi connectivity index (χ3v) is 3.50. The average Bonchev–Trinajstić information content (AvgIpc) is 2.89. The van der Waals surface area contributed by atoms with Crippen LogP contribution in [0.2, 0.25) is 0 Å². The van der Waals surface area contributed by atoms with E-state index in [0.717, 1.165) is 42.8 Å². The molecule has 104 valence electrons. The predicted molar refractivity (Wildman–Crippen MR) is 73.3 cm³/mol. The topological polar surface area (TPSA) is 53.0 Å². The van der Waals surface area contributed by atoms with Crippen molar-refractivity contribution in [3.05, 3.63) is 28.9 Å². The van der Waals surface area contributed by atoms with Gasteiger partial charge in [-0.05, 0) is 25.7 Å². The molecule has 0 saturated heterocycles. The molecule has 0 amide bonds. The van der Waals surface area contributed by atoms with Crippen molar-refractivity contribution < 1.29 is 9.47 Å². The molecule has 0 fully saturated rings. The Morgan fingerprint density at radius 2 is 2.20 bits per heavy atom. The zero-order valence-electron chi connectivity index (χ0n) is 11.4. The monoisotopic (exact) mass is 272 g/mol. The molecule has 0 spiro atoms. The minimum absolute atomic E-state index is 0.468. The lowest BCUT2D eigenvalue weighted by molar-refractivity contribution is 0.141. The molecule has 6 heteroatoms. The summed E-state index contributed by atoms with van der Waals surface area (Å²) in [5, 5.41) is 4.25. The Hall–Kier alpha value is -2.13. The van der Waals surface area contributed by atoms with Crippen molar-refractivity contribution in [3.8, 4) is 5.88 Å². The molecule has 2 heterocycles. The van der Waals surface area contributed by atoms with E-state index in [9.17, 15) is 0 Å². The molecule has 0 N–H and O–H groups in total. The van der Waals surface area contributed by atoms with Crippen molar-refractivity contribution in [1.82, 2.24) is 14.6 Å². The van der Waals surface area contributed by atoms with Crippen LogP contribution in [-0.2, 0) is 17.6 Å². The molecule has 0 bridgehead atoms. The normalized spacial score (nSPS) is 14.0. The fourth-order valence-electron chi connectivity index (χ4n) is 2.53. The Morgan fingerprint density at radius 3 is 3.00 bits per heavy atom. The highest BCUT2D eigenvalue weighted by Gasteiger charge is 2.21. The quantitative estimate of drug-likeness (QED) is 0.632. The molecule has 1 aliphatic rings. The van der Waals surface area contributed by atoms with Gasteiger partial charge in [-0.1, -0.05) is 0 Å². The van der Waals surface area contributed by atoms with Gasteiger partial charge < -0.3 is 9.47 Å². The molecular formula is C14H16N4O2. The lowest BCUT2D eigenvalue weighted by Gasteiger charge is -2.19. The summed E-state index contributed by atoms with van der Waals surface area (Å²) >= 11 is 0. The van der Waals surface area contributed by atoms with E-state index < -0.39 is 0 Å². The summed E-state index contributed by atoms with van der Waals surface area (Å²) in [6, 6.07) is 0. The minimum Gasteiger partial charge on any atom is -0.475 e. The largest absolute Gasteiger partial charge is 0.475 e. The molecule has 20 heavy (non-hydrogen) atoms. The van der Waals surface area contributed by atoms with Gasteiger partial charge >= 0.3 is 0 Å². The van der Waals surface area contributed by atoms with Crippen LogP contribution in [0.4, 0.5) is 5.69 Å². The fourth-order valence-corrected chi connectivity index (χ4v) is 2.53. The summed E-state index contributed by atoms with van der Waals surface area (Å²) in [6.07, 6.45) is 5.71. The second kappa shape index (κ2) is 5.47. The Bertz CT molecular complexity index is 672. The number of nitrogens with zero attached hydrogens (tertiary/aromatic N) is 4. The highest BCUT2D eigenvalue weighted by Crippen LogP contribution is 2.32. The van der Waals surface area contributed by atoms with Crippen LogP contribution in [0.15, 0.2) is 6.20 Å². The molecule has 2 aromatic rings. The van der Waals surface area contributed by atoms with Crippen LogP contribution in [0, 0.1) is 6.57 Å². The second-order valence-electron chi connectivity index (χ2n) is 4.77. The van der Waals surface area contributed by atoms with Crippen molar-refractivity contribution in [1.29, 1.82) is 0 Å². The zero-order chi connectivity index (χ0) is 13.9. The maximum atomic E-state index is 7.19. The van der Waals surface area contributed by atoms with Gasteiger partial charge in [-0.15, -0.1) is 0 Å². The molecular weight excluding hydrogens is 256 g/mol. The van der Waals surface area contributed by atoms with Gasteiger partial charge in [-0.25, -0.2) is 9.83 Å². The van der Waals surface area contributed by atoms with Gasteiger partial charge in [-0.3, -0.25) is 0 Å². The van der Waals surface area contributed by atoms with Crippen LogP contribution in [0.3, 0.4) is 0 Å². The van der Waals surface area contributed by atoms with Crippen LogP contribution < -0.4 is 4.74 Å². The summed E-state index contributed by atoms with van der Waals surface area (Å²) in [5.74, 6) is 0.719. The Kier molecular flexibility index (Phi) is 3.52. The minimum atomic E-state index is 0.468. The van der Waals surface area contributed by atoms with Crippen molar-refractivity contribution in [2.24, 2.45) is 0 Å². The van der Waals surface area contributed by atoms with Gasteiger partial charge in [0.25, 0.3) is 0 Å². The number of hydrogen-bond acceptors (Lipinski definition) is 4. The number of hydrogen-bond donors (Lipinski definition) is 0. The predicted octanol–water partition coefficient (Wildman–Crippen LogP) is 2.18. The van der Waals surface area contributed by atoms with Gasteiger partial charge in [0, 0.05) is 18.4 Å². The molecule has 1 aliphatic carbocycles. The average molecular weight is 272 g/mol. The molecule has 0 atom stereocenters. The van der Waals surface area contributed by atoms with Crippen LogP contribution in [0.5, 0.6) is 5.88 Å². The lowest BCUT2D eigenvalue weighted by Crippen LogP contribution is -2.15. The molecule has 6 nitrogen and oxygen atoms in total. The third kappa shape index (κ3) is 2.10. The van der Waals surface area contributed by atoms with Crippen molar-refractivity contribution in [3.63, 3.8) is 0 Å². The fraction of sp³-hybridized carbons (Fsp3) is 0.500. The zero-order valence-corrected chi connectivity index (χ0v) is 11.4. The lowest BCUT2D eigenvalue weighted by atomic mass is 9.97.